The number of aromatic nitrogens is 1. The van der Waals surface area contributed by atoms with E-state index in [0.29, 0.717) is 22.5 Å². The molecule has 0 bridgehead atoms. The number of alkyl halides is 3. The van der Waals surface area contributed by atoms with E-state index in [9.17, 15) is 18.0 Å². The summed E-state index contributed by atoms with van der Waals surface area (Å²) in [6.45, 7) is 0.487. The molecule has 1 atom stereocenters. The fraction of sp³-hybridized carbons (Fsp3) is 0.500. The van der Waals surface area contributed by atoms with Crippen LogP contribution in [0, 0.1) is 0 Å². The summed E-state index contributed by atoms with van der Waals surface area (Å²) in [5.41, 5.74) is 0.358. The molecule has 0 radical (unpaired) electrons. The van der Waals surface area contributed by atoms with Gasteiger partial charge in [0.25, 0.3) is 0 Å². The van der Waals surface area contributed by atoms with Gasteiger partial charge < -0.3 is 18.7 Å². The smallest absolute Gasteiger partial charge is 0.416 e. The van der Waals surface area contributed by atoms with Gasteiger partial charge in [-0.1, -0.05) is 5.16 Å². The lowest BCUT2D eigenvalue weighted by atomic mass is 10.2. The van der Waals surface area contributed by atoms with Gasteiger partial charge in [-0.15, -0.1) is 0 Å². The van der Waals surface area contributed by atoms with Crippen molar-refractivity contribution in [3.8, 4) is 5.75 Å². The molecule has 2 heterocycles. The van der Waals surface area contributed by atoms with Crippen molar-refractivity contribution in [1.82, 2.24) is 5.16 Å². The highest BCUT2D eigenvalue weighted by Crippen LogP contribution is 2.32. The summed E-state index contributed by atoms with van der Waals surface area (Å²) in [6, 6.07) is 4.75. The van der Waals surface area contributed by atoms with Gasteiger partial charge in [-0.05, 0) is 18.6 Å². The van der Waals surface area contributed by atoms with Crippen LogP contribution in [0.3, 0.4) is 0 Å². The second-order valence-corrected chi connectivity index (χ2v) is 5.80. The second-order valence-electron chi connectivity index (χ2n) is 5.80. The third-order valence-electron chi connectivity index (χ3n) is 3.78. The zero-order valence-corrected chi connectivity index (χ0v) is 13.9. The van der Waals surface area contributed by atoms with Gasteiger partial charge in [0.05, 0.1) is 25.1 Å². The second kappa shape index (κ2) is 7.40. The minimum absolute atomic E-state index is 0.0663. The predicted molar refractivity (Wildman–Crippen MR) is 84.3 cm³/mol. The number of fused-ring (bicyclic) bond motifs is 1. The summed E-state index contributed by atoms with van der Waals surface area (Å²) in [6.07, 6.45) is -6.17. The van der Waals surface area contributed by atoms with Gasteiger partial charge >= 0.3 is 12.3 Å². The first-order chi connectivity index (χ1) is 12.4. The maximum Gasteiger partial charge on any atom is 0.416 e. The summed E-state index contributed by atoms with van der Waals surface area (Å²) in [5.74, 6) is 0.677. The Morgan fingerprint density at radius 1 is 1.38 bits per heavy atom. The van der Waals surface area contributed by atoms with Crippen LogP contribution in [0.5, 0.6) is 5.75 Å². The molecule has 7 nitrogen and oxygen atoms in total. The molecule has 1 aliphatic rings. The van der Waals surface area contributed by atoms with Crippen LogP contribution in [0.15, 0.2) is 22.7 Å². The topological polar surface area (TPSA) is 74.0 Å². The number of halogens is 3. The third kappa shape index (κ3) is 4.18. The van der Waals surface area contributed by atoms with E-state index < -0.39 is 24.8 Å². The van der Waals surface area contributed by atoms with Crippen molar-refractivity contribution < 1.29 is 36.7 Å². The number of carbonyl (C=O) groups excluding carboxylic acids is 1. The Bertz CT molecular complexity index is 777. The Kier molecular flexibility index (Phi) is 5.21. The van der Waals surface area contributed by atoms with Gasteiger partial charge in [-0.2, -0.15) is 13.2 Å². The van der Waals surface area contributed by atoms with Crippen molar-refractivity contribution in [1.29, 1.82) is 0 Å². The molecule has 26 heavy (non-hydrogen) atoms. The summed E-state index contributed by atoms with van der Waals surface area (Å²) < 4.78 is 57.0. The number of carbonyl (C=O) groups is 1. The van der Waals surface area contributed by atoms with E-state index in [0.717, 1.165) is 0 Å². The van der Waals surface area contributed by atoms with E-state index in [1.807, 2.05) is 0 Å². The van der Waals surface area contributed by atoms with E-state index in [-0.39, 0.29) is 26.2 Å². The highest BCUT2D eigenvalue weighted by Gasteiger charge is 2.35. The number of hydrogen-bond acceptors (Lipinski definition) is 6. The van der Waals surface area contributed by atoms with Crippen LogP contribution in [0.1, 0.15) is 12.8 Å². The lowest BCUT2D eigenvalue weighted by Crippen LogP contribution is -2.26. The van der Waals surface area contributed by atoms with Crippen LogP contribution < -0.4 is 9.64 Å². The van der Waals surface area contributed by atoms with Gasteiger partial charge in [0.1, 0.15) is 11.9 Å². The molecule has 1 aromatic carbocycles. The molecule has 142 valence electrons. The number of rotatable bonds is 7. The Labute approximate surface area is 146 Å². The first-order valence-electron chi connectivity index (χ1n) is 7.93. The third-order valence-corrected chi connectivity index (χ3v) is 3.78. The van der Waals surface area contributed by atoms with Gasteiger partial charge in [0.2, 0.25) is 0 Å². The first kappa shape index (κ1) is 18.3. The first-order valence-corrected chi connectivity index (χ1v) is 7.93. The fourth-order valence-electron chi connectivity index (χ4n) is 2.62. The lowest BCUT2D eigenvalue weighted by molar-refractivity contribution is -0.136. The number of hydrogen-bond donors (Lipinski definition) is 0. The molecule has 0 spiro atoms. The molecular formula is C16H17F3N2O5. The van der Waals surface area contributed by atoms with Crippen molar-refractivity contribution in [2.75, 3.05) is 31.8 Å². The van der Waals surface area contributed by atoms with Crippen molar-refractivity contribution >= 4 is 22.9 Å². The van der Waals surface area contributed by atoms with Crippen LogP contribution in [0.4, 0.5) is 23.8 Å². The average Bonchev–Trinajstić information content (AvgIpc) is 3.14. The Hall–Kier alpha value is -2.49. The SMILES string of the molecule is COC[C@@H]1CN(c2noc3cc(OCCCC(F)(F)F)ccc23)[11C](=O)O1. The molecule has 2 aromatic rings. The normalized spacial score (nSPS) is 17.8. The van der Waals surface area contributed by atoms with Crippen LogP contribution >= 0.6 is 0 Å². The molecule has 1 aliphatic heterocycles. The fourth-order valence-corrected chi connectivity index (χ4v) is 2.62. The molecule has 0 unspecified atom stereocenters. The minimum Gasteiger partial charge on any atom is -0.493 e. The number of methoxy groups -OCH3 is 1. The maximum atomic E-state index is 12.1. The molecule has 0 saturated carbocycles. The summed E-state index contributed by atoms with van der Waals surface area (Å²) in [5, 5.41) is 4.47. The molecule has 1 saturated heterocycles. The van der Waals surface area contributed by atoms with Crippen molar-refractivity contribution in [3.63, 3.8) is 0 Å². The van der Waals surface area contributed by atoms with Gasteiger partial charge in [-0.3, -0.25) is 4.90 Å². The van der Waals surface area contributed by atoms with E-state index in [2.05, 4.69) is 5.16 Å². The molecule has 10 heteroatoms. The Morgan fingerprint density at radius 2 is 2.19 bits per heavy atom. The van der Waals surface area contributed by atoms with Crippen molar-refractivity contribution in [2.45, 2.75) is 25.1 Å². The summed E-state index contributed by atoms with van der Waals surface area (Å²) in [4.78, 5) is 13.3. The van der Waals surface area contributed by atoms with E-state index in [1.165, 1.54) is 18.1 Å². The molecule has 3 rings (SSSR count). The Morgan fingerprint density at radius 3 is 2.92 bits per heavy atom. The number of cyclic esters (lactones) is 1. The lowest BCUT2D eigenvalue weighted by Gasteiger charge is -2.09. The monoisotopic (exact) mass is 373 g/mol. The van der Waals surface area contributed by atoms with Crippen molar-refractivity contribution in [2.24, 2.45) is 0 Å². The maximum absolute atomic E-state index is 12.1. The van der Waals surface area contributed by atoms with Crippen LogP contribution in [-0.2, 0) is 9.47 Å². The van der Waals surface area contributed by atoms with E-state index in [4.69, 9.17) is 18.7 Å². The number of ether oxygens (including phenoxy) is 3. The number of benzene rings is 1. The number of anilines is 1. The standard InChI is InChI=1S/C16H17F3N2O5/c1-23-9-11-8-21(15(22)25-11)14-12-4-3-10(7-13(12)26-20-14)24-6-2-5-16(17,18)19/h3-4,7,11H,2,5-6,8-9H2,1H3/t11-/m0/s1/i15-1. The highest BCUT2D eigenvalue weighted by atomic mass is 19.4. The van der Waals surface area contributed by atoms with Crippen LogP contribution in [0.2, 0.25) is 0 Å². The van der Waals surface area contributed by atoms with Crippen LogP contribution in [-0.4, -0.2) is 50.4 Å². The highest BCUT2D eigenvalue weighted by molar-refractivity contribution is 5.99. The van der Waals surface area contributed by atoms with Gasteiger partial charge in [0.15, 0.2) is 11.4 Å². The van der Waals surface area contributed by atoms with Gasteiger partial charge in [0, 0.05) is 19.6 Å². The predicted octanol–water partition coefficient (Wildman–Crippen LogP) is 3.52. The van der Waals surface area contributed by atoms with Gasteiger partial charge in [-0.25, -0.2) is 4.79 Å². The molecule has 1 amide bonds. The number of nitrogens with zero attached hydrogens (tertiary/aromatic N) is 2. The largest absolute Gasteiger partial charge is 0.493 e. The van der Waals surface area contributed by atoms with E-state index in [1.54, 1.807) is 12.1 Å². The zero-order valence-electron chi connectivity index (χ0n) is 13.9. The molecule has 0 N–H and O–H groups in total. The number of amides is 1. The zero-order chi connectivity index (χ0) is 18.7. The van der Waals surface area contributed by atoms with E-state index >= 15 is 0 Å². The molecule has 1 aromatic heterocycles. The minimum atomic E-state index is -4.20. The quantitative estimate of drug-likeness (QED) is 0.692. The molecular weight excluding hydrogens is 356 g/mol. The molecule has 0 aliphatic carbocycles. The van der Waals surface area contributed by atoms with Crippen LogP contribution in [0.25, 0.3) is 11.0 Å². The summed E-state index contributed by atoms with van der Waals surface area (Å²) in [7, 11) is 1.51. The Balaban J connectivity index is 1.67. The molecule has 1 fully saturated rings. The average molecular weight is 373 g/mol. The van der Waals surface area contributed by atoms with Crippen molar-refractivity contribution in [3.05, 3.63) is 18.2 Å². The summed E-state index contributed by atoms with van der Waals surface area (Å²) >= 11 is 0.